The van der Waals surface area contributed by atoms with Gasteiger partial charge in [-0.1, -0.05) is 11.6 Å². The molecule has 2 saturated heterocycles. The summed E-state index contributed by atoms with van der Waals surface area (Å²) in [5, 5.41) is 28.4. The summed E-state index contributed by atoms with van der Waals surface area (Å²) in [5.41, 5.74) is 1.27. The molecule has 2 fully saturated rings. The monoisotopic (exact) mass is 423 g/mol. The van der Waals surface area contributed by atoms with Gasteiger partial charge < -0.3 is 21.1 Å². The predicted molar refractivity (Wildman–Crippen MR) is 117 cm³/mol. The number of allylic oxidation sites excluding steroid dienone is 1. The second-order valence-corrected chi connectivity index (χ2v) is 8.96. The molecule has 4 rings (SSSR count). The van der Waals surface area contributed by atoms with Crippen LogP contribution in [0.4, 0.5) is 4.39 Å². The topological polar surface area (TPSA) is 96.0 Å². The van der Waals surface area contributed by atoms with Crippen LogP contribution in [0.1, 0.15) is 32.1 Å². The lowest BCUT2D eigenvalue weighted by Crippen LogP contribution is -2.59. The molecule has 0 amide bonds. The molecule has 0 radical (unpaired) electrons. The Labute approximate surface area is 179 Å². The zero-order valence-corrected chi connectivity index (χ0v) is 17.9. The molecule has 3 heterocycles. The lowest BCUT2D eigenvalue weighted by molar-refractivity contribution is -0.0499. The second-order valence-electron chi connectivity index (χ2n) is 8.96. The third kappa shape index (κ3) is 6.21. The largest absolute Gasteiger partial charge is 0.378 e. The average molecular weight is 424 g/mol. The average Bonchev–Trinajstić information content (AvgIpc) is 2.79. The minimum absolute atomic E-state index is 0.0376. The molecule has 0 aromatic rings. The molecule has 1 aliphatic carbocycles. The first-order valence-electron chi connectivity index (χ1n) is 11.6. The highest BCUT2D eigenvalue weighted by atomic mass is 19.1. The molecule has 0 aromatic carbocycles. The van der Waals surface area contributed by atoms with Gasteiger partial charge in [-0.2, -0.15) is 0 Å². The van der Waals surface area contributed by atoms with Crippen molar-refractivity contribution in [1.82, 2.24) is 31.5 Å². The van der Waals surface area contributed by atoms with Gasteiger partial charge in [0.05, 0.1) is 12.0 Å². The van der Waals surface area contributed by atoms with E-state index in [2.05, 4.69) is 31.5 Å². The Balaban J connectivity index is 1.38. The van der Waals surface area contributed by atoms with E-state index >= 15 is 0 Å². The van der Waals surface area contributed by atoms with E-state index < -0.39 is 12.4 Å². The highest BCUT2D eigenvalue weighted by Crippen LogP contribution is 2.26. The number of nitrogens with one attached hydrogen (secondary N) is 5. The fourth-order valence-corrected chi connectivity index (χ4v) is 4.83. The van der Waals surface area contributed by atoms with Crippen molar-refractivity contribution in [1.29, 1.82) is 0 Å². The van der Waals surface area contributed by atoms with E-state index in [4.69, 9.17) is 4.99 Å². The van der Waals surface area contributed by atoms with Gasteiger partial charge in [-0.15, -0.1) is 0 Å². The Bertz CT molecular complexity index is 604. The summed E-state index contributed by atoms with van der Waals surface area (Å²) < 4.78 is 13.4. The van der Waals surface area contributed by atoms with Crippen LogP contribution in [0.15, 0.2) is 16.6 Å². The smallest absolute Gasteiger partial charge is 0.110 e. The molecule has 5 atom stereocenters. The number of aliphatic hydroxyl groups is 1. The minimum atomic E-state index is -0.688. The van der Waals surface area contributed by atoms with Crippen molar-refractivity contribution in [2.24, 2.45) is 10.9 Å². The molecule has 0 spiro atoms. The van der Waals surface area contributed by atoms with Crippen molar-refractivity contribution < 1.29 is 9.50 Å². The first-order chi connectivity index (χ1) is 14.7. The normalized spacial score (nSPS) is 34.7. The van der Waals surface area contributed by atoms with E-state index in [1.165, 1.54) is 5.57 Å². The zero-order valence-electron chi connectivity index (χ0n) is 17.9. The summed E-state index contributed by atoms with van der Waals surface area (Å²) in [6.07, 6.45) is 4.56. The van der Waals surface area contributed by atoms with Crippen LogP contribution in [0, 0.1) is 5.92 Å². The number of alkyl halides is 1. The highest BCUT2D eigenvalue weighted by molar-refractivity contribution is 5.83. The maximum atomic E-state index is 13.4. The van der Waals surface area contributed by atoms with Gasteiger partial charge in [-0.05, 0) is 25.7 Å². The molecule has 30 heavy (non-hydrogen) atoms. The van der Waals surface area contributed by atoms with Crippen LogP contribution in [0.2, 0.25) is 0 Å². The molecule has 0 aromatic heterocycles. The number of rotatable bonds is 6. The molecule has 0 bridgehead atoms. The molecule has 170 valence electrons. The number of hydrogen-bond acceptors (Lipinski definition) is 8. The van der Waals surface area contributed by atoms with Crippen LogP contribution in [0.25, 0.3) is 0 Å². The van der Waals surface area contributed by atoms with Crippen LogP contribution in [0.3, 0.4) is 0 Å². The lowest BCUT2D eigenvalue weighted by Gasteiger charge is -2.39. The third-order valence-electron chi connectivity index (χ3n) is 6.63. The van der Waals surface area contributed by atoms with E-state index in [1.54, 1.807) is 0 Å². The fraction of sp³-hybridized carbons (Fsp3) is 0.857. The summed E-state index contributed by atoms with van der Waals surface area (Å²) in [5.74, 6) is 1.09. The molecule has 5 unspecified atom stereocenters. The number of piperazine rings is 2. The number of hydrogen-bond donors (Lipinski definition) is 6. The number of aliphatic hydroxyl groups excluding tert-OH is 1. The molecule has 0 saturated carbocycles. The number of halogens is 1. The molecule has 9 heteroatoms. The van der Waals surface area contributed by atoms with Crippen molar-refractivity contribution in [3.05, 3.63) is 11.6 Å². The van der Waals surface area contributed by atoms with Gasteiger partial charge in [0.1, 0.15) is 18.6 Å². The quantitative estimate of drug-likeness (QED) is 0.321. The summed E-state index contributed by atoms with van der Waals surface area (Å²) in [6, 6.07) is 0. The Hall–Kier alpha value is -1.10. The van der Waals surface area contributed by atoms with Crippen LogP contribution in [-0.2, 0) is 0 Å². The Morgan fingerprint density at radius 3 is 2.83 bits per heavy atom. The van der Waals surface area contributed by atoms with Crippen molar-refractivity contribution in [2.75, 3.05) is 52.4 Å². The second kappa shape index (κ2) is 11.0. The van der Waals surface area contributed by atoms with Gasteiger partial charge in [-0.25, -0.2) is 4.39 Å². The SMILES string of the molecule is OC(C1CC(NC2CNCCN2)=NC(NCC2=CCC(F)CC2)C1)N1CCNCC1. The van der Waals surface area contributed by atoms with Gasteiger partial charge in [-0.3, -0.25) is 20.5 Å². The molecular weight excluding hydrogens is 385 g/mol. The molecule has 6 N–H and O–H groups in total. The highest BCUT2D eigenvalue weighted by Gasteiger charge is 2.33. The lowest BCUT2D eigenvalue weighted by atomic mass is 9.92. The van der Waals surface area contributed by atoms with E-state index in [9.17, 15) is 9.50 Å². The Kier molecular flexibility index (Phi) is 8.08. The zero-order chi connectivity index (χ0) is 20.8. The van der Waals surface area contributed by atoms with E-state index in [1.807, 2.05) is 6.08 Å². The summed E-state index contributed by atoms with van der Waals surface area (Å²) >= 11 is 0. The summed E-state index contributed by atoms with van der Waals surface area (Å²) in [7, 11) is 0. The summed E-state index contributed by atoms with van der Waals surface area (Å²) in [4.78, 5) is 7.12. The number of aliphatic imine (C=N–C) groups is 1. The van der Waals surface area contributed by atoms with Gasteiger partial charge >= 0.3 is 0 Å². The fourth-order valence-electron chi connectivity index (χ4n) is 4.83. The van der Waals surface area contributed by atoms with Crippen molar-refractivity contribution >= 4 is 5.84 Å². The molecular formula is C21H38FN7O. The Morgan fingerprint density at radius 2 is 2.10 bits per heavy atom. The van der Waals surface area contributed by atoms with Gasteiger partial charge in [0.25, 0.3) is 0 Å². The van der Waals surface area contributed by atoms with E-state index in [0.717, 1.165) is 77.5 Å². The van der Waals surface area contributed by atoms with Crippen molar-refractivity contribution in [2.45, 2.75) is 56.8 Å². The molecule has 4 aliphatic rings. The van der Waals surface area contributed by atoms with Crippen LogP contribution < -0.4 is 26.6 Å². The number of amidine groups is 1. The third-order valence-corrected chi connectivity index (χ3v) is 6.63. The summed E-state index contributed by atoms with van der Waals surface area (Å²) in [6.45, 7) is 7.12. The maximum absolute atomic E-state index is 13.4. The van der Waals surface area contributed by atoms with Crippen LogP contribution >= 0.6 is 0 Å². The van der Waals surface area contributed by atoms with Crippen LogP contribution in [0.5, 0.6) is 0 Å². The van der Waals surface area contributed by atoms with Crippen molar-refractivity contribution in [3.8, 4) is 0 Å². The number of nitrogens with zero attached hydrogens (tertiary/aromatic N) is 2. The molecule has 8 nitrogen and oxygen atoms in total. The predicted octanol–water partition coefficient (Wildman–Crippen LogP) is -0.509. The first kappa shape index (κ1) is 22.1. The minimum Gasteiger partial charge on any atom is -0.378 e. The van der Waals surface area contributed by atoms with Gasteiger partial charge in [0.2, 0.25) is 0 Å². The maximum Gasteiger partial charge on any atom is 0.110 e. The standard InChI is InChI=1S/C21H38FN7O/c22-17-3-1-15(2-4-17)13-26-18-11-16(21(30)29-9-7-23-8-10-29)12-19(27-18)28-20-14-24-5-6-25-20/h1,16-18,20-21,23-26,30H,2-14H2,(H,27,28). The van der Waals surface area contributed by atoms with E-state index in [0.29, 0.717) is 12.8 Å². The van der Waals surface area contributed by atoms with Crippen molar-refractivity contribution in [3.63, 3.8) is 0 Å². The van der Waals surface area contributed by atoms with E-state index in [-0.39, 0.29) is 18.2 Å². The Morgan fingerprint density at radius 1 is 1.23 bits per heavy atom. The van der Waals surface area contributed by atoms with Gasteiger partial charge in [0, 0.05) is 64.7 Å². The van der Waals surface area contributed by atoms with Crippen LogP contribution in [-0.4, -0.2) is 92.9 Å². The van der Waals surface area contributed by atoms with Gasteiger partial charge in [0.15, 0.2) is 0 Å². The molecule has 3 aliphatic heterocycles. The first-order valence-corrected chi connectivity index (χ1v) is 11.6.